The summed E-state index contributed by atoms with van der Waals surface area (Å²) in [5, 5.41) is 18.3. The summed E-state index contributed by atoms with van der Waals surface area (Å²) in [4.78, 5) is 24.2. The largest absolute Gasteiger partial charge is 0.508 e. The minimum atomic E-state index is -1.03. The molecule has 2 N–H and O–H groups in total. The Bertz CT molecular complexity index is 468. The van der Waals surface area contributed by atoms with Crippen LogP contribution in [0.4, 0.5) is 0 Å². The number of carboxylic acids is 1. The van der Waals surface area contributed by atoms with E-state index in [0.29, 0.717) is 11.1 Å². The molecule has 0 aliphatic heterocycles. The lowest BCUT2D eigenvalue weighted by atomic mass is 9.93. The minimum Gasteiger partial charge on any atom is -0.508 e. The van der Waals surface area contributed by atoms with Gasteiger partial charge in [0.05, 0.1) is 12.3 Å². The second kappa shape index (κ2) is 5.53. The molecule has 0 bridgehead atoms. The van der Waals surface area contributed by atoms with Crippen molar-refractivity contribution in [2.75, 3.05) is 14.1 Å². The maximum absolute atomic E-state index is 12.0. The molecule has 0 heterocycles. The number of nitrogens with zero attached hydrogens (tertiary/aromatic N) is 1. The van der Waals surface area contributed by atoms with E-state index in [2.05, 4.69) is 0 Å². The van der Waals surface area contributed by atoms with Gasteiger partial charge in [-0.15, -0.1) is 0 Å². The first-order chi connectivity index (χ1) is 8.32. The number of hydrogen-bond donors (Lipinski definition) is 2. The Morgan fingerprint density at radius 1 is 1.33 bits per heavy atom. The molecule has 0 saturated heterocycles. The number of hydrogen-bond acceptors (Lipinski definition) is 3. The Labute approximate surface area is 106 Å². The molecule has 5 nitrogen and oxygen atoms in total. The number of carbonyl (C=O) groups is 2. The van der Waals surface area contributed by atoms with Gasteiger partial charge >= 0.3 is 5.97 Å². The van der Waals surface area contributed by atoms with Crippen molar-refractivity contribution in [3.63, 3.8) is 0 Å². The molecule has 1 rings (SSSR count). The van der Waals surface area contributed by atoms with Gasteiger partial charge in [-0.2, -0.15) is 0 Å². The van der Waals surface area contributed by atoms with E-state index in [4.69, 9.17) is 5.11 Å². The van der Waals surface area contributed by atoms with E-state index < -0.39 is 11.9 Å². The smallest absolute Gasteiger partial charge is 0.304 e. The molecule has 1 unspecified atom stereocenters. The maximum Gasteiger partial charge on any atom is 0.304 e. The van der Waals surface area contributed by atoms with Crippen LogP contribution in [-0.4, -0.2) is 41.1 Å². The standard InChI is InChI=1S/C13H17NO4/c1-8-6-9(4-5-11(8)15)10(7-12(16)17)13(18)14(2)3/h4-6,10,15H,7H2,1-3H3,(H,16,17). The summed E-state index contributed by atoms with van der Waals surface area (Å²) in [6.07, 6.45) is -0.263. The second-order valence-electron chi connectivity index (χ2n) is 4.43. The van der Waals surface area contributed by atoms with Crippen molar-refractivity contribution < 1.29 is 19.8 Å². The van der Waals surface area contributed by atoms with Crippen LogP contribution in [0.2, 0.25) is 0 Å². The third-order valence-corrected chi connectivity index (χ3v) is 2.74. The van der Waals surface area contributed by atoms with Gasteiger partial charge in [0.1, 0.15) is 5.75 Å². The predicted octanol–water partition coefficient (Wildman–Crippen LogP) is 1.35. The summed E-state index contributed by atoms with van der Waals surface area (Å²) < 4.78 is 0. The van der Waals surface area contributed by atoms with Gasteiger partial charge in [0, 0.05) is 14.1 Å². The molecule has 0 spiro atoms. The first-order valence-corrected chi connectivity index (χ1v) is 5.55. The molecule has 98 valence electrons. The molecule has 1 amide bonds. The maximum atomic E-state index is 12.0. The molecule has 0 aromatic heterocycles. The van der Waals surface area contributed by atoms with Crippen LogP contribution in [0.15, 0.2) is 18.2 Å². The minimum absolute atomic E-state index is 0.130. The average molecular weight is 251 g/mol. The molecular weight excluding hydrogens is 234 g/mol. The molecule has 18 heavy (non-hydrogen) atoms. The summed E-state index contributed by atoms with van der Waals surface area (Å²) in [5.74, 6) is -1.88. The number of phenolic OH excluding ortho intramolecular Hbond substituents is 1. The lowest BCUT2D eigenvalue weighted by molar-refractivity contribution is -0.141. The van der Waals surface area contributed by atoms with Crippen LogP contribution < -0.4 is 0 Å². The van der Waals surface area contributed by atoms with E-state index in [1.165, 1.54) is 11.0 Å². The molecule has 1 aromatic carbocycles. The molecule has 0 fully saturated rings. The molecule has 1 aromatic rings. The van der Waals surface area contributed by atoms with Gasteiger partial charge in [0.2, 0.25) is 5.91 Å². The molecule has 0 aliphatic rings. The van der Waals surface area contributed by atoms with Gasteiger partial charge in [0.25, 0.3) is 0 Å². The number of likely N-dealkylation sites (N-methyl/N-ethyl adjacent to an activating group) is 1. The number of rotatable bonds is 4. The number of carbonyl (C=O) groups excluding carboxylic acids is 1. The number of benzene rings is 1. The van der Waals surface area contributed by atoms with Gasteiger partial charge < -0.3 is 15.1 Å². The summed E-state index contributed by atoms with van der Waals surface area (Å²) >= 11 is 0. The van der Waals surface area contributed by atoms with E-state index in [-0.39, 0.29) is 18.1 Å². The van der Waals surface area contributed by atoms with Crippen molar-refractivity contribution in [2.24, 2.45) is 0 Å². The second-order valence-corrected chi connectivity index (χ2v) is 4.43. The van der Waals surface area contributed by atoms with Crippen molar-refractivity contribution in [3.8, 4) is 5.75 Å². The Morgan fingerprint density at radius 3 is 2.39 bits per heavy atom. The lowest BCUT2D eigenvalue weighted by Gasteiger charge is -2.20. The highest BCUT2D eigenvalue weighted by atomic mass is 16.4. The molecule has 1 atom stereocenters. The van der Waals surface area contributed by atoms with Gasteiger partial charge in [-0.3, -0.25) is 9.59 Å². The highest BCUT2D eigenvalue weighted by Crippen LogP contribution is 2.26. The Morgan fingerprint density at radius 2 is 1.94 bits per heavy atom. The van der Waals surface area contributed by atoms with E-state index >= 15 is 0 Å². The van der Waals surface area contributed by atoms with E-state index in [1.54, 1.807) is 33.2 Å². The molecule has 0 aliphatic carbocycles. The van der Waals surface area contributed by atoms with Crippen LogP contribution in [0.25, 0.3) is 0 Å². The van der Waals surface area contributed by atoms with E-state index in [1.807, 2.05) is 0 Å². The van der Waals surface area contributed by atoms with Crippen molar-refractivity contribution >= 4 is 11.9 Å². The van der Waals surface area contributed by atoms with E-state index in [9.17, 15) is 14.7 Å². The fourth-order valence-electron chi connectivity index (χ4n) is 1.73. The van der Waals surface area contributed by atoms with Gasteiger partial charge in [0.15, 0.2) is 0 Å². The van der Waals surface area contributed by atoms with Crippen LogP contribution in [0.5, 0.6) is 5.75 Å². The summed E-state index contributed by atoms with van der Waals surface area (Å²) in [5.41, 5.74) is 1.22. The summed E-state index contributed by atoms with van der Waals surface area (Å²) in [7, 11) is 3.18. The fraction of sp³-hybridized carbons (Fsp3) is 0.385. The van der Waals surface area contributed by atoms with Crippen LogP contribution in [0, 0.1) is 6.92 Å². The van der Waals surface area contributed by atoms with Crippen molar-refractivity contribution in [3.05, 3.63) is 29.3 Å². The Kier molecular flexibility index (Phi) is 4.31. The third-order valence-electron chi connectivity index (χ3n) is 2.74. The zero-order chi connectivity index (χ0) is 13.9. The topological polar surface area (TPSA) is 77.8 Å². The molecular formula is C13H17NO4. The molecule has 0 saturated carbocycles. The highest BCUT2D eigenvalue weighted by Gasteiger charge is 2.25. The Hall–Kier alpha value is -2.04. The molecule has 0 radical (unpaired) electrons. The number of amides is 1. The first-order valence-electron chi connectivity index (χ1n) is 5.55. The predicted molar refractivity (Wildman–Crippen MR) is 66.5 cm³/mol. The van der Waals surface area contributed by atoms with Gasteiger partial charge in [-0.25, -0.2) is 0 Å². The van der Waals surface area contributed by atoms with Crippen LogP contribution in [0.1, 0.15) is 23.5 Å². The molecule has 5 heteroatoms. The van der Waals surface area contributed by atoms with Crippen molar-refractivity contribution in [1.29, 1.82) is 0 Å². The van der Waals surface area contributed by atoms with Gasteiger partial charge in [-0.1, -0.05) is 12.1 Å². The van der Waals surface area contributed by atoms with Crippen molar-refractivity contribution in [1.82, 2.24) is 4.90 Å². The normalized spacial score (nSPS) is 11.9. The lowest BCUT2D eigenvalue weighted by Crippen LogP contribution is -2.29. The van der Waals surface area contributed by atoms with Crippen molar-refractivity contribution in [2.45, 2.75) is 19.3 Å². The monoisotopic (exact) mass is 251 g/mol. The highest BCUT2D eigenvalue weighted by molar-refractivity contribution is 5.87. The van der Waals surface area contributed by atoms with Gasteiger partial charge in [-0.05, 0) is 24.1 Å². The summed E-state index contributed by atoms with van der Waals surface area (Å²) in [6, 6.07) is 4.70. The van der Waals surface area contributed by atoms with E-state index in [0.717, 1.165) is 0 Å². The fourth-order valence-corrected chi connectivity index (χ4v) is 1.73. The first kappa shape index (κ1) is 14.0. The third kappa shape index (κ3) is 3.23. The average Bonchev–Trinajstić information content (AvgIpc) is 2.28. The number of aromatic hydroxyl groups is 1. The number of carboxylic acid groups (broad SMARTS) is 1. The summed E-state index contributed by atoms with van der Waals surface area (Å²) in [6.45, 7) is 1.71. The number of aliphatic carboxylic acids is 1. The number of phenols is 1. The van der Waals surface area contributed by atoms with Crippen LogP contribution in [-0.2, 0) is 9.59 Å². The quantitative estimate of drug-likeness (QED) is 0.846. The van der Waals surface area contributed by atoms with Crippen LogP contribution >= 0.6 is 0 Å². The number of aryl methyl sites for hydroxylation is 1. The Balaban J connectivity index is 3.12. The zero-order valence-corrected chi connectivity index (χ0v) is 10.7. The van der Waals surface area contributed by atoms with Crippen LogP contribution in [0.3, 0.4) is 0 Å². The zero-order valence-electron chi connectivity index (χ0n) is 10.7. The SMILES string of the molecule is Cc1cc(C(CC(=O)O)C(=O)N(C)C)ccc1O.